The summed E-state index contributed by atoms with van der Waals surface area (Å²) in [7, 11) is 1.80. The molecule has 0 unspecified atom stereocenters. The summed E-state index contributed by atoms with van der Waals surface area (Å²) in [5.41, 5.74) is 0.703. The number of aromatic nitrogens is 2. The van der Waals surface area contributed by atoms with Gasteiger partial charge in [0, 0.05) is 37.1 Å². The highest BCUT2D eigenvalue weighted by molar-refractivity contribution is 5.59. The highest BCUT2D eigenvalue weighted by Gasteiger charge is 2.06. The molecule has 6 heteroatoms. The molecule has 6 nitrogen and oxygen atoms in total. The molecule has 2 rings (SSSR count). The molecule has 1 heterocycles. The van der Waals surface area contributed by atoms with Gasteiger partial charge in [-0.3, -0.25) is 14.8 Å². The summed E-state index contributed by atoms with van der Waals surface area (Å²) in [5.74, 6) is 0.656. The van der Waals surface area contributed by atoms with Crippen molar-refractivity contribution < 1.29 is 4.92 Å². The second-order valence-electron chi connectivity index (χ2n) is 3.31. The van der Waals surface area contributed by atoms with Gasteiger partial charge < -0.3 is 5.32 Å². The van der Waals surface area contributed by atoms with Crippen LogP contribution in [0.1, 0.15) is 0 Å². The summed E-state index contributed by atoms with van der Waals surface area (Å²) in [5, 5.41) is 17.7. The number of hydrogen-bond donors (Lipinski definition) is 1. The monoisotopic (exact) mass is 218 g/mol. The van der Waals surface area contributed by atoms with Gasteiger partial charge in [0.1, 0.15) is 0 Å². The summed E-state index contributed by atoms with van der Waals surface area (Å²) in [6.07, 6.45) is 1.79. The zero-order chi connectivity index (χ0) is 11.5. The lowest BCUT2D eigenvalue weighted by Crippen LogP contribution is -1.95. The topological polar surface area (TPSA) is 73.0 Å². The van der Waals surface area contributed by atoms with Gasteiger partial charge in [0.15, 0.2) is 5.82 Å². The third-order valence-electron chi connectivity index (χ3n) is 2.04. The van der Waals surface area contributed by atoms with Crippen LogP contribution in [0.4, 0.5) is 17.2 Å². The average Bonchev–Trinajstić information content (AvgIpc) is 2.64. The standard InChI is InChI=1S/C10H10N4O2/c1-13-6-5-10(12-13)11-8-3-2-4-9(7-8)14(15)16/h2-7H,1H3,(H,11,12). The van der Waals surface area contributed by atoms with E-state index in [0.29, 0.717) is 11.5 Å². The Bertz CT molecular complexity index is 521. The summed E-state index contributed by atoms with van der Waals surface area (Å²) >= 11 is 0. The quantitative estimate of drug-likeness (QED) is 0.632. The zero-order valence-corrected chi connectivity index (χ0v) is 8.62. The summed E-state index contributed by atoms with van der Waals surface area (Å²) in [6.45, 7) is 0. The van der Waals surface area contributed by atoms with Gasteiger partial charge in [-0.25, -0.2) is 0 Å². The largest absolute Gasteiger partial charge is 0.339 e. The van der Waals surface area contributed by atoms with Crippen LogP contribution in [0.25, 0.3) is 0 Å². The van der Waals surface area contributed by atoms with Crippen LogP contribution in [0.5, 0.6) is 0 Å². The van der Waals surface area contributed by atoms with Gasteiger partial charge in [-0.2, -0.15) is 5.10 Å². The van der Waals surface area contributed by atoms with Crippen LogP contribution in [0.3, 0.4) is 0 Å². The first-order chi connectivity index (χ1) is 7.65. The Hall–Kier alpha value is -2.37. The van der Waals surface area contributed by atoms with Crippen LogP contribution in [-0.4, -0.2) is 14.7 Å². The second-order valence-corrected chi connectivity index (χ2v) is 3.31. The molecule has 0 saturated carbocycles. The summed E-state index contributed by atoms with van der Waals surface area (Å²) in [6, 6.07) is 8.09. The summed E-state index contributed by atoms with van der Waals surface area (Å²) in [4.78, 5) is 10.1. The molecule has 2 aromatic rings. The van der Waals surface area contributed by atoms with Gasteiger partial charge in [-0.1, -0.05) is 6.07 Å². The van der Waals surface area contributed by atoms with Gasteiger partial charge in [0.05, 0.1) is 4.92 Å². The van der Waals surface area contributed by atoms with Crippen molar-refractivity contribution in [3.63, 3.8) is 0 Å². The normalized spacial score (nSPS) is 10.1. The van der Waals surface area contributed by atoms with E-state index in [2.05, 4.69) is 10.4 Å². The Morgan fingerprint density at radius 3 is 2.88 bits per heavy atom. The van der Waals surface area contributed by atoms with Crippen LogP contribution < -0.4 is 5.32 Å². The molecule has 0 aliphatic rings. The molecule has 1 aromatic carbocycles. The minimum Gasteiger partial charge on any atom is -0.339 e. The smallest absolute Gasteiger partial charge is 0.271 e. The highest BCUT2D eigenvalue weighted by atomic mass is 16.6. The van der Waals surface area contributed by atoms with Crippen LogP contribution in [0.15, 0.2) is 36.5 Å². The third-order valence-corrected chi connectivity index (χ3v) is 2.04. The van der Waals surface area contributed by atoms with Crippen molar-refractivity contribution in [3.8, 4) is 0 Å². The molecular weight excluding hydrogens is 208 g/mol. The van der Waals surface area contributed by atoms with Crippen LogP contribution in [0, 0.1) is 10.1 Å². The van der Waals surface area contributed by atoms with Crippen molar-refractivity contribution >= 4 is 17.2 Å². The van der Waals surface area contributed by atoms with E-state index in [1.165, 1.54) is 12.1 Å². The van der Waals surface area contributed by atoms with E-state index >= 15 is 0 Å². The number of rotatable bonds is 3. The van der Waals surface area contributed by atoms with Crippen molar-refractivity contribution in [1.29, 1.82) is 0 Å². The van der Waals surface area contributed by atoms with Crippen molar-refractivity contribution in [2.75, 3.05) is 5.32 Å². The minimum absolute atomic E-state index is 0.0564. The van der Waals surface area contributed by atoms with Gasteiger partial charge >= 0.3 is 0 Å². The molecular formula is C10H10N4O2. The molecule has 1 N–H and O–H groups in total. The maximum atomic E-state index is 10.6. The minimum atomic E-state index is -0.427. The fraction of sp³-hybridized carbons (Fsp3) is 0.100. The maximum Gasteiger partial charge on any atom is 0.271 e. The molecule has 0 saturated heterocycles. The predicted octanol–water partition coefficient (Wildman–Crippen LogP) is 2.07. The number of non-ortho nitro benzene ring substituents is 1. The van der Waals surface area contributed by atoms with E-state index in [1.54, 1.807) is 36.1 Å². The molecule has 0 aliphatic heterocycles. The Morgan fingerprint density at radius 2 is 2.25 bits per heavy atom. The van der Waals surface area contributed by atoms with Crippen LogP contribution >= 0.6 is 0 Å². The van der Waals surface area contributed by atoms with E-state index in [4.69, 9.17) is 0 Å². The predicted molar refractivity (Wildman–Crippen MR) is 59.6 cm³/mol. The third kappa shape index (κ3) is 2.17. The second kappa shape index (κ2) is 4.01. The van der Waals surface area contributed by atoms with Crippen LogP contribution in [0.2, 0.25) is 0 Å². The number of nitro groups is 1. The Labute approximate surface area is 91.7 Å². The van der Waals surface area contributed by atoms with E-state index in [0.717, 1.165) is 0 Å². The van der Waals surface area contributed by atoms with Crippen molar-refractivity contribution in [2.24, 2.45) is 7.05 Å². The number of nitro benzene ring substituents is 1. The van der Waals surface area contributed by atoms with Gasteiger partial charge in [0.25, 0.3) is 5.69 Å². The zero-order valence-electron chi connectivity index (χ0n) is 8.62. The average molecular weight is 218 g/mol. The number of anilines is 2. The number of hydrogen-bond acceptors (Lipinski definition) is 4. The van der Waals surface area contributed by atoms with E-state index < -0.39 is 4.92 Å². The molecule has 16 heavy (non-hydrogen) atoms. The number of nitrogens with zero attached hydrogens (tertiary/aromatic N) is 3. The number of nitrogens with one attached hydrogen (secondary N) is 1. The van der Waals surface area contributed by atoms with Crippen LogP contribution in [-0.2, 0) is 7.05 Å². The van der Waals surface area contributed by atoms with E-state index in [1.807, 2.05) is 0 Å². The van der Waals surface area contributed by atoms with E-state index in [-0.39, 0.29) is 5.69 Å². The Morgan fingerprint density at radius 1 is 1.44 bits per heavy atom. The van der Waals surface area contributed by atoms with E-state index in [9.17, 15) is 10.1 Å². The lowest BCUT2D eigenvalue weighted by Gasteiger charge is -2.01. The van der Waals surface area contributed by atoms with Crippen molar-refractivity contribution in [3.05, 3.63) is 46.6 Å². The lowest BCUT2D eigenvalue weighted by molar-refractivity contribution is -0.384. The Balaban J connectivity index is 2.21. The maximum absolute atomic E-state index is 10.6. The number of aryl methyl sites for hydroxylation is 1. The molecule has 82 valence electrons. The number of benzene rings is 1. The fourth-order valence-electron chi connectivity index (χ4n) is 1.33. The lowest BCUT2D eigenvalue weighted by atomic mass is 10.3. The fourth-order valence-corrected chi connectivity index (χ4v) is 1.33. The van der Waals surface area contributed by atoms with Crippen molar-refractivity contribution in [2.45, 2.75) is 0 Å². The first-order valence-corrected chi connectivity index (χ1v) is 4.66. The molecule has 1 aromatic heterocycles. The van der Waals surface area contributed by atoms with Crippen molar-refractivity contribution in [1.82, 2.24) is 9.78 Å². The molecule has 0 atom stereocenters. The van der Waals surface area contributed by atoms with Gasteiger partial charge in [-0.05, 0) is 6.07 Å². The first-order valence-electron chi connectivity index (χ1n) is 4.66. The molecule has 0 radical (unpaired) electrons. The highest BCUT2D eigenvalue weighted by Crippen LogP contribution is 2.19. The Kier molecular flexibility index (Phi) is 2.55. The molecule has 0 fully saturated rings. The summed E-state index contributed by atoms with van der Waals surface area (Å²) < 4.78 is 1.65. The SMILES string of the molecule is Cn1ccc(Nc2cccc([N+](=O)[O-])c2)n1. The molecule has 0 amide bonds. The molecule has 0 aliphatic carbocycles. The molecule has 0 bridgehead atoms. The van der Waals surface area contributed by atoms with Gasteiger partial charge in [-0.15, -0.1) is 0 Å². The first kappa shape index (κ1) is 10.2. The van der Waals surface area contributed by atoms with Gasteiger partial charge in [0.2, 0.25) is 0 Å². The molecule has 0 spiro atoms.